The van der Waals surface area contributed by atoms with E-state index in [2.05, 4.69) is 34.7 Å². The summed E-state index contributed by atoms with van der Waals surface area (Å²) in [5, 5.41) is 5.10. The quantitative estimate of drug-likeness (QED) is 0.539. The standard InChI is InChI=1S/C23H29F3N4O2S/c1-4-30-21(32-19-7-5-17(6-8-19)23(24,25)26)10-20(28-30)16-9-18(12-27-11-16)22(13-31-14-22)29-33-15(2)3/h5,7-11,15,17-18,29H,4,6,12-14H2,1-3H3. The smallest absolute Gasteiger partial charge is 0.395 e. The van der Waals surface area contributed by atoms with Gasteiger partial charge in [-0.25, -0.2) is 4.68 Å². The molecule has 0 aromatic carbocycles. The molecule has 1 fully saturated rings. The molecule has 4 rings (SSSR count). The van der Waals surface area contributed by atoms with Crippen LogP contribution in [0.4, 0.5) is 13.2 Å². The van der Waals surface area contributed by atoms with Crippen molar-refractivity contribution in [2.75, 3.05) is 19.8 Å². The Morgan fingerprint density at radius 3 is 2.73 bits per heavy atom. The maximum atomic E-state index is 12.9. The number of alkyl halides is 3. The lowest BCUT2D eigenvalue weighted by Gasteiger charge is -2.47. The zero-order valence-corrected chi connectivity index (χ0v) is 19.7. The van der Waals surface area contributed by atoms with Crippen LogP contribution in [0.2, 0.25) is 0 Å². The highest BCUT2D eigenvalue weighted by molar-refractivity contribution is 7.98. The number of rotatable bonds is 8. The number of allylic oxidation sites excluding steroid dienone is 4. The zero-order chi connectivity index (χ0) is 23.6. The molecule has 1 aliphatic carbocycles. The summed E-state index contributed by atoms with van der Waals surface area (Å²) in [6.45, 7) is 8.73. The van der Waals surface area contributed by atoms with E-state index in [1.54, 1.807) is 16.6 Å². The Bertz CT molecular complexity index is 977. The molecule has 1 aromatic rings. The van der Waals surface area contributed by atoms with Gasteiger partial charge in [-0.05, 0) is 25.5 Å². The maximum Gasteiger partial charge on any atom is 0.395 e. The third kappa shape index (κ3) is 5.38. The highest BCUT2D eigenvalue weighted by atomic mass is 32.2. The summed E-state index contributed by atoms with van der Waals surface area (Å²) in [6.07, 6.45) is 3.62. The summed E-state index contributed by atoms with van der Waals surface area (Å²) in [7, 11) is 0. The van der Waals surface area contributed by atoms with Crippen molar-refractivity contribution in [2.24, 2.45) is 16.8 Å². The van der Waals surface area contributed by atoms with E-state index in [-0.39, 0.29) is 17.9 Å². The number of hydrogen-bond donors (Lipinski definition) is 1. The Kier molecular flexibility index (Phi) is 7.07. The Morgan fingerprint density at radius 2 is 2.15 bits per heavy atom. The Labute approximate surface area is 196 Å². The van der Waals surface area contributed by atoms with Crippen molar-refractivity contribution in [1.29, 1.82) is 0 Å². The average Bonchev–Trinajstić information content (AvgIpc) is 3.15. The molecule has 0 radical (unpaired) electrons. The van der Waals surface area contributed by atoms with E-state index in [4.69, 9.17) is 9.47 Å². The number of aliphatic imine (C=N–C) groups is 1. The summed E-state index contributed by atoms with van der Waals surface area (Å²) in [5.74, 6) is -0.430. The normalized spacial score (nSPS) is 24.5. The average molecular weight is 483 g/mol. The molecule has 10 heteroatoms. The molecule has 3 aliphatic rings. The molecule has 1 N–H and O–H groups in total. The molecule has 3 heterocycles. The molecular formula is C23H29F3N4O2S. The molecule has 0 saturated carbocycles. The van der Waals surface area contributed by atoms with Gasteiger partial charge < -0.3 is 9.47 Å². The predicted octanol–water partition coefficient (Wildman–Crippen LogP) is 4.80. The first-order valence-corrected chi connectivity index (χ1v) is 12.0. The molecule has 6 nitrogen and oxygen atoms in total. The van der Waals surface area contributed by atoms with Gasteiger partial charge in [0.2, 0.25) is 5.88 Å². The van der Waals surface area contributed by atoms with Gasteiger partial charge in [-0.1, -0.05) is 37.9 Å². The molecule has 1 aromatic heterocycles. The third-order valence-corrected chi connectivity index (χ3v) is 6.88. The topological polar surface area (TPSA) is 60.7 Å². The highest BCUT2D eigenvalue weighted by Gasteiger charge is 2.45. The van der Waals surface area contributed by atoms with Crippen molar-refractivity contribution in [3.05, 3.63) is 41.8 Å². The Morgan fingerprint density at radius 1 is 1.36 bits per heavy atom. The van der Waals surface area contributed by atoms with Crippen LogP contribution < -0.4 is 9.46 Å². The lowest BCUT2D eigenvalue weighted by atomic mass is 9.80. The van der Waals surface area contributed by atoms with Gasteiger partial charge in [0, 0.05) is 42.1 Å². The molecule has 33 heavy (non-hydrogen) atoms. The summed E-state index contributed by atoms with van der Waals surface area (Å²) >= 11 is 1.70. The molecular weight excluding hydrogens is 453 g/mol. The summed E-state index contributed by atoms with van der Waals surface area (Å²) in [5.41, 5.74) is 1.47. The second-order valence-electron chi connectivity index (χ2n) is 8.78. The number of ether oxygens (including phenoxy) is 2. The Hall–Kier alpha value is -2.04. The lowest BCUT2D eigenvalue weighted by Crippen LogP contribution is -2.63. The third-order valence-electron chi connectivity index (χ3n) is 5.89. The first kappa shape index (κ1) is 24.1. The number of aryl methyl sites for hydroxylation is 1. The first-order chi connectivity index (χ1) is 15.7. The molecule has 0 amide bonds. The minimum absolute atomic E-state index is 0.131. The van der Waals surface area contributed by atoms with Gasteiger partial charge in [-0.3, -0.25) is 9.71 Å². The molecule has 180 valence electrons. The number of hydrogen-bond acceptors (Lipinski definition) is 6. The van der Waals surface area contributed by atoms with Crippen molar-refractivity contribution in [3.63, 3.8) is 0 Å². The van der Waals surface area contributed by atoms with Crippen molar-refractivity contribution in [1.82, 2.24) is 14.5 Å². The fourth-order valence-electron chi connectivity index (χ4n) is 3.86. The zero-order valence-electron chi connectivity index (χ0n) is 18.9. The first-order valence-electron chi connectivity index (χ1n) is 11.1. The van der Waals surface area contributed by atoms with E-state index in [1.807, 2.05) is 19.2 Å². The van der Waals surface area contributed by atoms with Crippen molar-refractivity contribution < 1.29 is 22.6 Å². The molecule has 0 spiro atoms. The van der Waals surface area contributed by atoms with Crippen LogP contribution in [0.5, 0.6) is 5.88 Å². The van der Waals surface area contributed by atoms with Crippen LogP contribution in [0.1, 0.15) is 32.9 Å². The van der Waals surface area contributed by atoms with E-state index >= 15 is 0 Å². The van der Waals surface area contributed by atoms with E-state index in [1.165, 1.54) is 12.2 Å². The van der Waals surface area contributed by atoms with Crippen molar-refractivity contribution >= 4 is 23.7 Å². The van der Waals surface area contributed by atoms with Crippen LogP contribution in [-0.4, -0.2) is 52.7 Å². The molecule has 0 bridgehead atoms. The highest BCUT2D eigenvalue weighted by Crippen LogP contribution is 2.36. The van der Waals surface area contributed by atoms with Gasteiger partial charge in [0.25, 0.3) is 0 Å². The largest absolute Gasteiger partial charge is 0.440 e. The number of aromatic nitrogens is 2. The molecule has 2 unspecified atom stereocenters. The Balaban J connectivity index is 1.50. The number of dihydropyridines is 1. The second-order valence-corrected chi connectivity index (χ2v) is 10.2. The molecule has 1 saturated heterocycles. The van der Waals surface area contributed by atoms with Crippen LogP contribution in [0.25, 0.3) is 5.57 Å². The molecule has 2 aliphatic heterocycles. The minimum Gasteiger partial charge on any atom is -0.440 e. The summed E-state index contributed by atoms with van der Waals surface area (Å²) in [4.78, 5) is 4.59. The van der Waals surface area contributed by atoms with Gasteiger partial charge >= 0.3 is 6.18 Å². The van der Waals surface area contributed by atoms with Crippen molar-refractivity contribution in [2.45, 2.75) is 50.7 Å². The number of nitrogens with zero attached hydrogens (tertiary/aromatic N) is 3. The lowest BCUT2D eigenvalue weighted by molar-refractivity contribution is -0.160. The van der Waals surface area contributed by atoms with Crippen LogP contribution in [0, 0.1) is 11.8 Å². The fraction of sp³-hybridized carbons (Fsp3) is 0.565. The number of nitrogens with one attached hydrogen (secondary N) is 1. The second kappa shape index (κ2) is 9.68. The SMILES string of the molecule is CCn1nc(C2=CC(C3(NSC(C)C)COC3)CN=C2)cc1OC1=CCC(C(F)(F)F)C=C1. The van der Waals surface area contributed by atoms with Crippen LogP contribution in [0.15, 0.2) is 41.1 Å². The molecule has 2 atom stereocenters. The van der Waals surface area contributed by atoms with Crippen LogP contribution >= 0.6 is 11.9 Å². The summed E-state index contributed by atoms with van der Waals surface area (Å²) in [6, 6.07) is 1.81. The van der Waals surface area contributed by atoms with Crippen molar-refractivity contribution in [3.8, 4) is 5.88 Å². The van der Waals surface area contributed by atoms with Gasteiger partial charge in [0.15, 0.2) is 0 Å². The van der Waals surface area contributed by atoms with Gasteiger partial charge in [-0.15, -0.1) is 0 Å². The van der Waals surface area contributed by atoms with E-state index in [9.17, 15) is 13.2 Å². The van der Waals surface area contributed by atoms with E-state index in [0.29, 0.717) is 43.2 Å². The monoisotopic (exact) mass is 482 g/mol. The van der Waals surface area contributed by atoms with Gasteiger partial charge in [0.05, 0.1) is 30.4 Å². The fourth-order valence-corrected chi connectivity index (χ4v) is 4.60. The maximum absolute atomic E-state index is 12.9. The summed E-state index contributed by atoms with van der Waals surface area (Å²) < 4.78 is 55.4. The van der Waals surface area contributed by atoms with E-state index < -0.39 is 12.1 Å². The van der Waals surface area contributed by atoms with Crippen LogP contribution in [-0.2, 0) is 11.3 Å². The van der Waals surface area contributed by atoms with E-state index in [0.717, 1.165) is 17.3 Å². The van der Waals surface area contributed by atoms with Gasteiger partial charge in [0.1, 0.15) is 5.76 Å². The predicted molar refractivity (Wildman–Crippen MR) is 124 cm³/mol. The van der Waals surface area contributed by atoms with Gasteiger partial charge in [-0.2, -0.15) is 18.3 Å². The minimum atomic E-state index is -4.24. The number of halogens is 3. The van der Waals surface area contributed by atoms with Crippen LogP contribution in [0.3, 0.4) is 0 Å².